The minimum absolute atomic E-state index is 0.217. The second-order valence-electron chi connectivity index (χ2n) is 5.86. The lowest BCUT2D eigenvalue weighted by Gasteiger charge is -2.03. The molecular weight excluding hydrogens is 337 g/mol. The molecule has 0 saturated carbocycles. The molecule has 1 aromatic carbocycles. The van der Waals surface area contributed by atoms with Crippen molar-refractivity contribution in [2.24, 2.45) is 0 Å². The molecule has 4 aromatic rings. The Labute approximate surface area is 147 Å². The first-order valence-electron chi connectivity index (χ1n) is 7.75. The van der Waals surface area contributed by atoms with E-state index in [-0.39, 0.29) is 11.4 Å². The summed E-state index contributed by atoms with van der Waals surface area (Å²) in [4.78, 5) is 26.1. The number of halogens is 1. The van der Waals surface area contributed by atoms with Gasteiger partial charge in [-0.1, -0.05) is 18.2 Å². The van der Waals surface area contributed by atoms with Crippen molar-refractivity contribution < 1.29 is 4.39 Å². The zero-order chi connectivity index (χ0) is 17.6. The highest BCUT2D eigenvalue weighted by Gasteiger charge is 2.17. The molecule has 4 rings (SSSR count). The topological polar surface area (TPSA) is 58.6 Å². The number of aromatic nitrogens is 3. The Bertz CT molecular complexity index is 1130. The van der Waals surface area contributed by atoms with Crippen molar-refractivity contribution in [2.75, 3.05) is 0 Å². The second kappa shape index (κ2) is 5.89. The summed E-state index contributed by atoms with van der Waals surface area (Å²) < 4.78 is 13.2. The number of benzene rings is 1. The molecule has 0 saturated heterocycles. The average molecular weight is 351 g/mol. The number of hydrogen-bond acceptors (Lipinski definition) is 4. The largest absolute Gasteiger partial charge is 0.305 e. The van der Waals surface area contributed by atoms with Crippen molar-refractivity contribution in [2.45, 2.75) is 13.8 Å². The number of fused-ring (bicyclic) bond motifs is 1. The molecule has 0 atom stereocenters. The van der Waals surface area contributed by atoms with Crippen LogP contribution in [-0.2, 0) is 0 Å². The molecule has 6 heteroatoms. The van der Waals surface area contributed by atoms with Crippen LogP contribution in [0.1, 0.15) is 10.4 Å². The Balaban J connectivity index is 1.93. The number of aromatic amines is 1. The fourth-order valence-corrected chi connectivity index (χ4v) is 3.86. The summed E-state index contributed by atoms with van der Waals surface area (Å²) in [5.41, 5.74) is 3.05. The normalized spacial score (nSPS) is 11.2. The number of aryl methyl sites for hydroxylation is 2. The Kier molecular flexibility index (Phi) is 3.69. The highest BCUT2D eigenvalue weighted by atomic mass is 32.1. The van der Waals surface area contributed by atoms with Crippen LogP contribution in [-0.4, -0.2) is 15.0 Å². The molecule has 1 N–H and O–H groups in total. The van der Waals surface area contributed by atoms with E-state index in [1.807, 2.05) is 26.0 Å². The maximum atomic E-state index is 13.2. The molecule has 0 spiro atoms. The summed E-state index contributed by atoms with van der Waals surface area (Å²) >= 11 is 1.45. The zero-order valence-electron chi connectivity index (χ0n) is 13.6. The van der Waals surface area contributed by atoms with E-state index in [1.54, 1.807) is 18.3 Å². The smallest absolute Gasteiger partial charge is 0.260 e. The Morgan fingerprint density at radius 3 is 2.52 bits per heavy atom. The van der Waals surface area contributed by atoms with Crippen LogP contribution >= 0.6 is 11.3 Å². The predicted octanol–water partition coefficient (Wildman–Crippen LogP) is 4.47. The highest BCUT2D eigenvalue weighted by molar-refractivity contribution is 7.19. The number of pyridine rings is 1. The molecule has 0 aliphatic heterocycles. The van der Waals surface area contributed by atoms with E-state index in [1.165, 1.54) is 23.5 Å². The van der Waals surface area contributed by atoms with Crippen LogP contribution in [0.3, 0.4) is 0 Å². The minimum atomic E-state index is -0.305. The fraction of sp³-hybridized carbons (Fsp3) is 0.105. The average Bonchev–Trinajstić information content (AvgIpc) is 2.93. The second-order valence-corrected chi connectivity index (χ2v) is 7.06. The predicted molar refractivity (Wildman–Crippen MR) is 98.3 cm³/mol. The van der Waals surface area contributed by atoms with Crippen molar-refractivity contribution in [3.05, 3.63) is 69.2 Å². The number of hydrogen-bond donors (Lipinski definition) is 1. The molecule has 0 bridgehead atoms. The van der Waals surface area contributed by atoms with Crippen molar-refractivity contribution >= 4 is 21.6 Å². The van der Waals surface area contributed by atoms with Gasteiger partial charge < -0.3 is 4.98 Å². The summed E-state index contributed by atoms with van der Waals surface area (Å²) in [6.07, 6.45) is 1.74. The molecular formula is C19H14FN3OS. The van der Waals surface area contributed by atoms with Gasteiger partial charge in [0.25, 0.3) is 5.56 Å². The summed E-state index contributed by atoms with van der Waals surface area (Å²) in [5, 5.41) is 0.532. The number of thiophene rings is 1. The first-order chi connectivity index (χ1) is 12.0. The molecule has 0 aliphatic carbocycles. The van der Waals surface area contributed by atoms with Crippen molar-refractivity contribution in [1.29, 1.82) is 0 Å². The van der Waals surface area contributed by atoms with Crippen LogP contribution in [0.5, 0.6) is 0 Å². The van der Waals surface area contributed by atoms with Gasteiger partial charge in [-0.3, -0.25) is 9.78 Å². The molecule has 0 unspecified atom stereocenters. The van der Waals surface area contributed by atoms with Gasteiger partial charge in [-0.15, -0.1) is 11.3 Å². The van der Waals surface area contributed by atoms with Gasteiger partial charge in [0.05, 0.1) is 5.39 Å². The lowest BCUT2D eigenvalue weighted by molar-refractivity contribution is 0.628. The molecule has 124 valence electrons. The van der Waals surface area contributed by atoms with E-state index in [2.05, 4.69) is 15.0 Å². The Hall–Kier alpha value is -2.86. The number of nitrogens with one attached hydrogen (secondary N) is 1. The number of nitrogens with zero attached hydrogens (tertiary/aromatic N) is 2. The molecule has 25 heavy (non-hydrogen) atoms. The van der Waals surface area contributed by atoms with Crippen LogP contribution < -0.4 is 5.56 Å². The maximum absolute atomic E-state index is 13.2. The van der Waals surface area contributed by atoms with Gasteiger partial charge in [-0.05, 0) is 43.2 Å². The molecule has 0 fully saturated rings. The van der Waals surface area contributed by atoms with Crippen LogP contribution in [0.25, 0.3) is 32.9 Å². The van der Waals surface area contributed by atoms with E-state index in [4.69, 9.17) is 0 Å². The van der Waals surface area contributed by atoms with Crippen LogP contribution in [0.2, 0.25) is 0 Å². The third-order valence-corrected chi connectivity index (χ3v) is 5.02. The van der Waals surface area contributed by atoms with E-state index in [0.29, 0.717) is 21.7 Å². The van der Waals surface area contributed by atoms with Gasteiger partial charge in [0.1, 0.15) is 16.3 Å². The standard InChI is InChI=1S/C19H14FN3OS/c1-10-3-8-14(21-9-10)17-22-18(24)16-15(11(2)25-19(16)23-17)12-4-6-13(20)7-5-12/h3-9H,1-2H3,(H,22,23,24). The van der Waals surface area contributed by atoms with Gasteiger partial charge in [0, 0.05) is 16.6 Å². The quantitative estimate of drug-likeness (QED) is 0.580. The molecule has 4 nitrogen and oxygen atoms in total. The van der Waals surface area contributed by atoms with Crippen LogP contribution in [0.4, 0.5) is 4.39 Å². The van der Waals surface area contributed by atoms with E-state index in [0.717, 1.165) is 21.6 Å². The van der Waals surface area contributed by atoms with Crippen molar-refractivity contribution in [1.82, 2.24) is 15.0 Å². The molecule has 0 radical (unpaired) electrons. The third kappa shape index (κ3) is 2.74. The van der Waals surface area contributed by atoms with Gasteiger partial charge in [-0.2, -0.15) is 0 Å². The SMILES string of the molecule is Cc1ccc(-c2nc3sc(C)c(-c4ccc(F)cc4)c3c(=O)[nH]2)nc1. The number of rotatable bonds is 2. The summed E-state index contributed by atoms with van der Waals surface area (Å²) in [7, 11) is 0. The fourth-order valence-electron chi connectivity index (χ4n) is 2.81. The lowest BCUT2D eigenvalue weighted by Crippen LogP contribution is -2.09. The van der Waals surface area contributed by atoms with Crippen molar-refractivity contribution in [3.8, 4) is 22.6 Å². The van der Waals surface area contributed by atoms with Gasteiger partial charge in [0.2, 0.25) is 0 Å². The molecule has 3 heterocycles. The minimum Gasteiger partial charge on any atom is -0.305 e. The van der Waals surface area contributed by atoms with E-state index >= 15 is 0 Å². The summed E-state index contributed by atoms with van der Waals surface area (Å²) in [5.74, 6) is 0.144. The molecule has 3 aromatic heterocycles. The van der Waals surface area contributed by atoms with Crippen LogP contribution in [0.15, 0.2) is 47.4 Å². The van der Waals surface area contributed by atoms with E-state index in [9.17, 15) is 9.18 Å². The van der Waals surface area contributed by atoms with E-state index < -0.39 is 0 Å². The van der Waals surface area contributed by atoms with Gasteiger partial charge >= 0.3 is 0 Å². The van der Waals surface area contributed by atoms with Gasteiger partial charge in [-0.25, -0.2) is 9.37 Å². The Morgan fingerprint density at radius 1 is 1.08 bits per heavy atom. The molecule has 0 aliphatic rings. The van der Waals surface area contributed by atoms with Crippen LogP contribution in [0, 0.1) is 19.7 Å². The zero-order valence-corrected chi connectivity index (χ0v) is 14.4. The highest BCUT2D eigenvalue weighted by Crippen LogP contribution is 2.36. The monoisotopic (exact) mass is 351 g/mol. The first-order valence-corrected chi connectivity index (χ1v) is 8.57. The lowest BCUT2D eigenvalue weighted by atomic mass is 10.0. The summed E-state index contributed by atoms with van der Waals surface area (Å²) in [6.45, 7) is 3.89. The third-order valence-electron chi connectivity index (χ3n) is 4.02. The maximum Gasteiger partial charge on any atom is 0.260 e. The first kappa shape index (κ1) is 15.7. The van der Waals surface area contributed by atoms with Crippen molar-refractivity contribution in [3.63, 3.8) is 0 Å². The summed E-state index contributed by atoms with van der Waals surface area (Å²) in [6, 6.07) is 9.91. The number of H-pyrrole nitrogens is 1. The molecule has 0 amide bonds. The Morgan fingerprint density at radius 2 is 1.84 bits per heavy atom. The van der Waals surface area contributed by atoms with Gasteiger partial charge in [0.15, 0.2) is 5.82 Å².